The maximum Gasteiger partial charge on any atom is 0.270 e. The van der Waals surface area contributed by atoms with Gasteiger partial charge in [0.1, 0.15) is 6.33 Å². The number of hydrogen-bond acceptors (Lipinski definition) is 4. The number of benzene rings is 1. The molecule has 2 unspecified atom stereocenters. The molecule has 0 fully saturated rings. The van der Waals surface area contributed by atoms with Crippen LogP contribution in [0.5, 0.6) is 0 Å². The first-order valence-corrected chi connectivity index (χ1v) is 6.51. The first-order valence-electron chi connectivity index (χ1n) is 6.07. The molecule has 1 aromatic carbocycles. The zero-order valence-corrected chi connectivity index (χ0v) is 11.5. The fourth-order valence-corrected chi connectivity index (χ4v) is 2.19. The summed E-state index contributed by atoms with van der Waals surface area (Å²) in [7, 11) is 0. The lowest BCUT2D eigenvalue weighted by Gasteiger charge is -2.17. The summed E-state index contributed by atoms with van der Waals surface area (Å²) in [6.07, 6.45) is 2.28. The van der Waals surface area contributed by atoms with Crippen LogP contribution in [0.3, 0.4) is 0 Å². The van der Waals surface area contributed by atoms with Gasteiger partial charge in [0.15, 0.2) is 0 Å². The van der Waals surface area contributed by atoms with E-state index in [0.717, 1.165) is 12.1 Å². The molecule has 19 heavy (non-hydrogen) atoms. The van der Waals surface area contributed by atoms with Crippen molar-refractivity contribution in [2.45, 2.75) is 31.6 Å². The van der Waals surface area contributed by atoms with Crippen LogP contribution in [0.4, 0.5) is 5.69 Å². The molecular formula is C13H14ClN3O2. The average Bonchev–Trinajstić information content (AvgIpc) is 2.44. The van der Waals surface area contributed by atoms with Crippen LogP contribution in [0.15, 0.2) is 24.5 Å². The molecule has 0 saturated heterocycles. The number of nitrogens with zero attached hydrogens (tertiary/aromatic N) is 3. The second-order valence-electron chi connectivity index (χ2n) is 4.43. The van der Waals surface area contributed by atoms with E-state index in [1.165, 1.54) is 18.5 Å². The van der Waals surface area contributed by atoms with Crippen molar-refractivity contribution in [3.05, 3.63) is 40.3 Å². The molecule has 2 rings (SSSR count). The molecule has 2 atom stereocenters. The number of fused-ring (bicyclic) bond motifs is 1. The van der Waals surface area contributed by atoms with Gasteiger partial charge in [0.25, 0.3) is 5.69 Å². The van der Waals surface area contributed by atoms with E-state index in [4.69, 9.17) is 11.6 Å². The van der Waals surface area contributed by atoms with Crippen LogP contribution in [-0.2, 0) is 0 Å². The van der Waals surface area contributed by atoms with Gasteiger partial charge in [-0.1, -0.05) is 13.8 Å². The Hall–Kier alpha value is -1.75. The Labute approximate surface area is 115 Å². The fraction of sp³-hybridized carbons (Fsp3) is 0.385. The lowest BCUT2D eigenvalue weighted by molar-refractivity contribution is -0.384. The Morgan fingerprint density at radius 1 is 1.42 bits per heavy atom. The van der Waals surface area contributed by atoms with Gasteiger partial charge in [-0.15, -0.1) is 11.6 Å². The topological polar surface area (TPSA) is 68.9 Å². The van der Waals surface area contributed by atoms with Crippen molar-refractivity contribution in [1.29, 1.82) is 0 Å². The summed E-state index contributed by atoms with van der Waals surface area (Å²) in [6, 6.07) is 4.60. The summed E-state index contributed by atoms with van der Waals surface area (Å²) >= 11 is 6.26. The van der Waals surface area contributed by atoms with E-state index >= 15 is 0 Å². The van der Waals surface area contributed by atoms with Crippen molar-refractivity contribution in [3.8, 4) is 0 Å². The quantitative estimate of drug-likeness (QED) is 0.486. The number of aromatic nitrogens is 2. The van der Waals surface area contributed by atoms with Gasteiger partial charge in [-0.25, -0.2) is 9.97 Å². The van der Waals surface area contributed by atoms with Gasteiger partial charge in [0, 0.05) is 28.8 Å². The summed E-state index contributed by atoms with van der Waals surface area (Å²) in [6.45, 7) is 3.97. The van der Waals surface area contributed by atoms with Gasteiger partial charge in [0.05, 0.1) is 16.1 Å². The Balaban J connectivity index is 2.60. The third-order valence-electron chi connectivity index (χ3n) is 3.22. The minimum atomic E-state index is -0.418. The average molecular weight is 280 g/mol. The Morgan fingerprint density at radius 3 is 2.79 bits per heavy atom. The molecular weight excluding hydrogens is 266 g/mol. The molecule has 0 saturated carbocycles. The normalized spacial score (nSPS) is 14.3. The first-order chi connectivity index (χ1) is 9.04. The molecule has 0 aliphatic heterocycles. The highest BCUT2D eigenvalue weighted by Gasteiger charge is 2.20. The molecule has 5 nitrogen and oxygen atoms in total. The van der Waals surface area contributed by atoms with Crippen LogP contribution >= 0.6 is 11.6 Å². The number of alkyl halides is 1. The van der Waals surface area contributed by atoms with E-state index in [9.17, 15) is 10.1 Å². The van der Waals surface area contributed by atoms with E-state index in [0.29, 0.717) is 10.9 Å². The van der Waals surface area contributed by atoms with E-state index in [-0.39, 0.29) is 17.0 Å². The van der Waals surface area contributed by atoms with Crippen LogP contribution in [0, 0.1) is 10.1 Å². The smallest absolute Gasteiger partial charge is 0.258 e. The second kappa shape index (κ2) is 5.48. The van der Waals surface area contributed by atoms with Gasteiger partial charge in [-0.05, 0) is 12.5 Å². The van der Waals surface area contributed by atoms with Crippen LogP contribution in [0.2, 0.25) is 0 Å². The molecule has 0 amide bonds. The molecule has 0 spiro atoms. The summed E-state index contributed by atoms with van der Waals surface area (Å²) in [5.74, 6) is 0.0131. The van der Waals surface area contributed by atoms with Crippen LogP contribution in [0.25, 0.3) is 10.9 Å². The number of rotatable bonds is 4. The summed E-state index contributed by atoms with van der Waals surface area (Å²) in [5.41, 5.74) is 1.50. The van der Waals surface area contributed by atoms with Crippen molar-refractivity contribution in [3.63, 3.8) is 0 Å². The van der Waals surface area contributed by atoms with E-state index in [2.05, 4.69) is 9.97 Å². The van der Waals surface area contributed by atoms with Gasteiger partial charge >= 0.3 is 0 Å². The number of non-ortho nitro benzene ring substituents is 1. The third kappa shape index (κ3) is 2.66. The first kappa shape index (κ1) is 13.7. The fourth-order valence-electron chi connectivity index (χ4n) is 2.07. The molecule has 6 heteroatoms. The van der Waals surface area contributed by atoms with Crippen molar-refractivity contribution in [1.82, 2.24) is 9.97 Å². The summed E-state index contributed by atoms with van der Waals surface area (Å²) in [4.78, 5) is 18.8. The molecule has 0 N–H and O–H groups in total. The van der Waals surface area contributed by atoms with Crippen LogP contribution in [0.1, 0.15) is 31.9 Å². The third-order valence-corrected chi connectivity index (χ3v) is 3.91. The largest absolute Gasteiger partial charge is 0.270 e. The highest BCUT2D eigenvalue weighted by atomic mass is 35.5. The number of nitro groups is 1. The second-order valence-corrected chi connectivity index (χ2v) is 4.99. The Kier molecular flexibility index (Phi) is 3.95. The molecule has 1 heterocycles. The highest BCUT2D eigenvalue weighted by Crippen LogP contribution is 2.30. The SMILES string of the molecule is CCC(Cl)C(C)c1ncnc2ccc([N+](=O)[O-])cc12. The number of hydrogen-bond donors (Lipinski definition) is 0. The zero-order chi connectivity index (χ0) is 14.0. The van der Waals surface area contributed by atoms with Crippen molar-refractivity contribution >= 4 is 28.2 Å². The number of nitro benzene ring substituents is 1. The molecule has 100 valence electrons. The molecule has 1 aromatic heterocycles. The molecule has 0 aliphatic rings. The lowest BCUT2D eigenvalue weighted by atomic mass is 9.97. The lowest BCUT2D eigenvalue weighted by Crippen LogP contribution is -2.11. The predicted octanol–water partition coefficient (Wildman–Crippen LogP) is 3.66. The minimum Gasteiger partial charge on any atom is -0.258 e. The van der Waals surface area contributed by atoms with Gasteiger partial charge in [-0.3, -0.25) is 10.1 Å². The van der Waals surface area contributed by atoms with Crippen molar-refractivity contribution in [2.24, 2.45) is 0 Å². The van der Waals surface area contributed by atoms with Crippen LogP contribution in [-0.4, -0.2) is 20.3 Å². The maximum absolute atomic E-state index is 10.9. The summed E-state index contributed by atoms with van der Waals surface area (Å²) in [5, 5.41) is 11.5. The van der Waals surface area contributed by atoms with E-state index in [1.807, 2.05) is 13.8 Å². The minimum absolute atomic E-state index is 0.0131. The molecule has 0 radical (unpaired) electrons. The molecule has 0 aliphatic carbocycles. The van der Waals surface area contributed by atoms with Crippen molar-refractivity contribution < 1.29 is 4.92 Å². The monoisotopic (exact) mass is 279 g/mol. The Morgan fingerprint density at radius 2 is 2.16 bits per heavy atom. The van der Waals surface area contributed by atoms with E-state index < -0.39 is 4.92 Å². The molecule has 2 aromatic rings. The standard InChI is InChI=1S/C13H14ClN3O2/c1-3-11(14)8(2)13-10-6-9(17(18)19)4-5-12(10)15-7-16-13/h4-8,11H,3H2,1-2H3. The Bertz CT molecular complexity index is 618. The van der Waals surface area contributed by atoms with Crippen LogP contribution < -0.4 is 0 Å². The van der Waals surface area contributed by atoms with E-state index in [1.54, 1.807) is 6.07 Å². The number of halogens is 1. The van der Waals surface area contributed by atoms with Crippen molar-refractivity contribution in [2.75, 3.05) is 0 Å². The highest BCUT2D eigenvalue weighted by molar-refractivity contribution is 6.21. The summed E-state index contributed by atoms with van der Waals surface area (Å²) < 4.78 is 0. The maximum atomic E-state index is 10.9. The van der Waals surface area contributed by atoms with Gasteiger partial charge < -0.3 is 0 Å². The molecule has 0 bridgehead atoms. The van der Waals surface area contributed by atoms with Gasteiger partial charge in [0.2, 0.25) is 0 Å². The zero-order valence-electron chi connectivity index (χ0n) is 10.7. The predicted molar refractivity (Wildman–Crippen MR) is 74.5 cm³/mol. The van der Waals surface area contributed by atoms with Gasteiger partial charge in [-0.2, -0.15) is 0 Å².